The van der Waals surface area contributed by atoms with Crippen molar-refractivity contribution in [2.24, 2.45) is 5.73 Å². The molecule has 3 N–H and O–H groups in total. The summed E-state index contributed by atoms with van der Waals surface area (Å²) in [6.45, 7) is 0.613. The number of benzene rings is 1. The lowest BCUT2D eigenvalue weighted by Gasteiger charge is -2.25. The second-order valence-corrected chi connectivity index (χ2v) is 3.90. The van der Waals surface area contributed by atoms with Gasteiger partial charge in [-0.15, -0.1) is 0 Å². The Bertz CT molecular complexity index is 324. The van der Waals surface area contributed by atoms with Gasteiger partial charge in [0.2, 0.25) is 5.91 Å². The van der Waals surface area contributed by atoms with Gasteiger partial charge in [-0.25, -0.2) is 0 Å². The fourth-order valence-electron chi connectivity index (χ4n) is 1.56. The molecule has 1 amide bonds. The van der Waals surface area contributed by atoms with Crippen LogP contribution in [0.4, 0.5) is 0 Å². The fourth-order valence-corrected chi connectivity index (χ4v) is 1.56. The van der Waals surface area contributed by atoms with E-state index < -0.39 is 0 Å². The van der Waals surface area contributed by atoms with Crippen LogP contribution in [0.2, 0.25) is 0 Å². The minimum atomic E-state index is -0.122. The number of nitrogens with one attached hydrogen (secondary N) is 1. The number of carbonyl (C=O) groups is 1. The monoisotopic (exact) mass is 221 g/mol. The highest BCUT2D eigenvalue weighted by atomic mass is 16.1. The number of amides is 1. The normalized spacial score (nSPS) is 12.5. The minimum Gasteiger partial charge on any atom is -0.353 e. The van der Waals surface area contributed by atoms with Gasteiger partial charge in [-0.3, -0.25) is 4.79 Å². The zero-order valence-electron chi connectivity index (χ0n) is 9.81. The summed E-state index contributed by atoms with van der Waals surface area (Å²) in [6, 6.07) is 10.3. The maximum absolute atomic E-state index is 11.1. The molecule has 1 aromatic carbocycles. The first-order valence-corrected chi connectivity index (χ1v) is 5.33. The van der Waals surface area contributed by atoms with Gasteiger partial charge >= 0.3 is 0 Å². The number of hydrogen-bond acceptors (Lipinski definition) is 3. The van der Waals surface area contributed by atoms with E-state index in [0.717, 1.165) is 0 Å². The maximum atomic E-state index is 11.1. The third-order valence-corrected chi connectivity index (χ3v) is 2.49. The van der Waals surface area contributed by atoms with Crippen molar-refractivity contribution in [1.29, 1.82) is 0 Å². The van der Waals surface area contributed by atoms with Crippen LogP contribution in [0.5, 0.6) is 0 Å². The number of nitrogens with two attached hydrogens (primary N) is 1. The molecule has 1 rings (SSSR count). The SMILES string of the molecule is CN(C)C(CNC(=O)CN)c1ccccc1. The van der Waals surface area contributed by atoms with Gasteiger partial charge in [-0.1, -0.05) is 30.3 Å². The Hall–Kier alpha value is -1.39. The molecule has 1 unspecified atom stereocenters. The van der Waals surface area contributed by atoms with Crippen LogP contribution in [0.1, 0.15) is 11.6 Å². The third-order valence-electron chi connectivity index (χ3n) is 2.49. The predicted octanol–water partition coefficient (Wildman–Crippen LogP) is 0.364. The van der Waals surface area contributed by atoms with Crippen LogP contribution in [-0.2, 0) is 4.79 Å². The Morgan fingerprint density at radius 2 is 2.00 bits per heavy atom. The molecule has 0 radical (unpaired) electrons. The zero-order valence-corrected chi connectivity index (χ0v) is 9.81. The van der Waals surface area contributed by atoms with Crippen LogP contribution in [0, 0.1) is 0 Å². The van der Waals surface area contributed by atoms with E-state index in [9.17, 15) is 4.79 Å². The van der Waals surface area contributed by atoms with Crippen molar-refractivity contribution in [1.82, 2.24) is 10.2 Å². The highest BCUT2D eigenvalue weighted by Crippen LogP contribution is 2.16. The van der Waals surface area contributed by atoms with Crippen LogP contribution in [0.3, 0.4) is 0 Å². The molecule has 0 heterocycles. The van der Waals surface area contributed by atoms with Gasteiger partial charge < -0.3 is 16.0 Å². The van der Waals surface area contributed by atoms with Crippen molar-refractivity contribution in [2.75, 3.05) is 27.2 Å². The lowest BCUT2D eigenvalue weighted by Crippen LogP contribution is -2.37. The Morgan fingerprint density at radius 3 is 2.50 bits per heavy atom. The molecule has 88 valence electrons. The van der Waals surface area contributed by atoms with E-state index in [1.165, 1.54) is 5.56 Å². The molecule has 4 nitrogen and oxygen atoms in total. The van der Waals surface area contributed by atoms with Crippen molar-refractivity contribution < 1.29 is 4.79 Å². The Balaban J connectivity index is 2.66. The molecular weight excluding hydrogens is 202 g/mol. The number of rotatable bonds is 5. The molecule has 0 saturated heterocycles. The molecule has 0 aromatic heterocycles. The van der Waals surface area contributed by atoms with Crippen LogP contribution >= 0.6 is 0 Å². The average molecular weight is 221 g/mol. The summed E-state index contributed by atoms with van der Waals surface area (Å²) in [5.74, 6) is -0.122. The van der Waals surface area contributed by atoms with Crippen LogP contribution < -0.4 is 11.1 Å². The van der Waals surface area contributed by atoms with Gasteiger partial charge in [-0.2, -0.15) is 0 Å². The fraction of sp³-hybridized carbons (Fsp3) is 0.417. The van der Waals surface area contributed by atoms with Gasteiger partial charge in [0.1, 0.15) is 0 Å². The molecule has 0 aliphatic rings. The number of likely N-dealkylation sites (N-methyl/N-ethyl adjacent to an activating group) is 1. The van der Waals surface area contributed by atoms with Crippen LogP contribution in [0.25, 0.3) is 0 Å². The van der Waals surface area contributed by atoms with Gasteiger partial charge in [-0.05, 0) is 19.7 Å². The first-order valence-electron chi connectivity index (χ1n) is 5.33. The average Bonchev–Trinajstić information content (AvgIpc) is 2.30. The molecule has 1 aromatic rings. The summed E-state index contributed by atoms with van der Waals surface area (Å²) in [7, 11) is 3.98. The summed E-state index contributed by atoms with van der Waals surface area (Å²) in [5, 5.41) is 2.81. The van der Waals surface area contributed by atoms with Crippen molar-refractivity contribution in [3.8, 4) is 0 Å². The van der Waals surface area contributed by atoms with Crippen molar-refractivity contribution >= 4 is 5.91 Å². The van der Waals surface area contributed by atoms with E-state index in [-0.39, 0.29) is 18.5 Å². The predicted molar refractivity (Wildman–Crippen MR) is 64.9 cm³/mol. The van der Waals surface area contributed by atoms with E-state index in [1.807, 2.05) is 32.3 Å². The van der Waals surface area contributed by atoms with E-state index in [1.54, 1.807) is 0 Å². The molecule has 0 aliphatic carbocycles. The Kier molecular flexibility index (Phi) is 4.95. The molecule has 1 atom stereocenters. The number of carbonyl (C=O) groups excluding carboxylic acids is 1. The summed E-state index contributed by atoms with van der Waals surface area (Å²) in [4.78, 5) is 13.2. The standard InChI is InChI=1S/C12H19N3O/c1-15(2)11(9-14-12(16)8-13)10-6-4-3-5-7-10/h3-7,11H,8-9,13H2,1-2H3,(H,14,16). The van der Waals surface area contributed by atoms with E-state index in [2.05, 4.69) is 22.3 Å². The lowest BCUT2D eigenvalue weighted by atomic mass is 10.1. The Morgan fingerprint density at radius 1 is 1.38 bits per heavy atom. The second kappa shape index (κ2) is 6.25. The largest absolute Gasteiger partial charge is 0.353 e. The van der Waals surface area contributed by atoms with E-state index in [0.29, 0.717) is 6.54 Å². The van der Waals surface area contributed by atoms with Crippen molar-refractivity contribution in [2.45, 2.75) is 6.04 Å². The van der Waals surface area contributed by atoms with Crippen molar-refractivity contribution in [3.05, 3.63) is 35.9 Å². The summed E-state index contributed by atoms with van der Waals surface area (Å²) < 4.78 is 0. The highest BCUT2D eigenvalue weighted by molar-refractivity contribution is 5.77. The molecule has 16 heavy (non-hydrogen) atoms. The first kappa shape index (κ1) is 12.7. The number of hydrogen-bond donors (Lipinski definition) is 2. The van der Waals surface area contributed by atoms with Gasteiger partial charge in [0.25, 0.3) is 0 Å². The van der Waals surface area contributed by atoms with E-state index in [4.69, 9.17) is 5.73 Å². The topological polar surface area (TPSA) is 58.4 Å². The smallest absolute Gasteiger partial charge is 0.233 e. The summed E-state index contributed by atoms with van der Waals surface area (Å²) >= 11 is 0. The molecule has 0 saturated carbocycles. The molecule has 0 aliphatic heterocycles. The number of nitrogens with zero attached hydrogens (tertiary/aromatic N) is 1. The van der Waals surface area contributed by atoms with Crippen LogP contribution in [-0.4, -0.2) is 38.0 Å². The summed E-state index contributed by atoms with van der Waals surface area (Å²) in [6.07, 6.45) is 0. The van der Waals surface area contributed by atoms with Gasteiger partial charge in [0.05, 0.1) is 12.6 Å². The zero-order chi connectivity index (χ0) is 12.0. The second-order valence-electron chi connectivity index (χ2n) is 3.90. The van der Waals surface area contributed by atoms with Gasteiger partial charge in [0.15, 0.2) is 0 Å². The minimum absolute atomic E-state index is 0.0366. The molecule has 0 bridgehead atoms. The van der Waals surface area contributed by atoms with Gasteiger partial charge in [0, 0.05) is 6.54 Å². The van der Waals surface area contributed by atoms with Crippen molar-refractivity contribution in [3.63, 3.8) is 0 Å². The molecular formula is C12H19N3O. The Labute approximate surface area is 96.4 Å². The summed E-state index contributed by atoms with van der Waals surface area (Å²) in [5.41, 5.74) is 6.43. The van der Waals surface area contributed by atoms with E-state index >= 15 is 0 Å². The van der Waals surface area contributed by atoms with Crippen LogP contribution in [0.15, 0.2) is 30.3 Å². The highest BCUT2D eigenvalue weighted by Gasteiger charge is 2.14. The molecule has 4 heteroatoms. The maximum Gasteiger partial charge on any atom is 0.233 e. The molecule has 0 spiro atoms. The quantitative estimate of drug-likeness (QED) is 0.755. The first-order chi connectivity index (χ1) is 7.65. The molecule has 0 fully saturated rings. The lowest BCUT2D eigenvalue weighted by molar-refractivity contribution is -0.119. The third kappa shape index (κ3) is 3.64.